The molecule has 0 atom stereocenters. The summed E-state index contributed by atoms with van der Waals surface area (Å²) in [6.07, 6.45) is 0. The van der Waals surface area contributed by atoms with E-state index in [1.807, 2.05) is 23.5 Å². The van der Waals surface area contributed by atoms with E-state index >= 15 is 0 Å². The summed E-state index contributed by atoms with van der Waals surface area (Å²) >= 11 is 8.29. The maximum Gasteiger partial charge on any atom is 0.0499 e. The number of thiophene rings is 1. The average molecular weight is 319 g/mol. The van der Waals surface area contributed by atoms with Crippen molar-refractivity contribution in [2.75, 3.05) is 0 Å². The topological polar surface area (TPSA) is 0 Å². The monoisotopic (exact) mass is 318 g/mol. The molecule has 1 aromatic heterocycles. The van der Waals surface area contributed by atoms with Gasteiger partial charge in [-0.15, -0.1) is 11.3 Å². The Morgan fingerprint density at radius 3 is 2.41 bits per heavy atom. The third kappa shape index (κ3) is 1.58. The van der Waals surface area contributed by atoms with E-state index in [1.54, 1.807) is 0 Å². The molecule has 0 nitrogen and oxygen atoms in total. The van der Waals surface area contributed by atoms with Crippen molar-refractivity contribution < 1.29 is 0 Å². The van der Waals surface area contributed by atoms with Gasteiger partial charge in [0.1, 0.15) is 0 Å². The van der Waals surface area contributed by atoms with Crippen LogP contribution in [-0.2, 0) is 0 Å². The minimum absolute atomic E-state index is 0.836. The summed E-state index contributed by atoms with van der Waals surface area (Å²) in [6, 6.07) is 23.6. The molecule has 4 aromatic carbocycles. The van der Waals surface area contributed by atoms with Crippen molar-refractivity contribution >= 4 is 64.7 Å². The highest BCUT2D eigenvalue weighted by Crippen LogP contribution is 2.43. The third-order valence-corrected chi connectivity index (χ3v) is 5.82. The van der Waals surface area contributed by atoms with Crippen molar-refractivity contribution in [1.82, 2.24) is 0 Å². The molecule has 0 amide bonds. The Hall–Kier alpha value is -2.09. The van der Waals surface area contributed by atoms with Gasteiger partial charge in [0.25, 0.3) is 0 Å². The van der Waals surface area contributed by atoms with Crippen LogP contribution >= 0.6 is 22.9 Å². The van der Waals surface area contributed by atoms with Crippen molar-refractivity contribution in [1.29, 1.82) is 0 Å². The van der Waals surface area contributed by atoms with Gasteiger partial charge in [0, 0.05) is 30.6 Å². The molecule has 1 heterocycles. The molecule has 0 spiro atoms. The standard InChI is InChI=1S/C20H11ClS/c21-16-6-3-7-17-19(16)15-11-10-13-9-8-12-4-1-2-5-14(12)18(13)20(15)22-17/h1-11H. The number of hydrogen-bond acceptors (Lipinski definition) is 1. The Balaban J connectivity index is 2.14. The van der Waals surface area contributed by atoms with Crippen molar-refractivity contribution in [3.8, 4) is 0 Å². The number of hydrogen-bond donors (Lipinski definition) is 0. The fourth-order valence-corrected chi connectivity index (χ4v) is 4.96. The quantitative estimate of drug-likeness (QED) is 0.269. The Bertz CT molecular complexity index is 1180. The van der Waals surface area contributed by atoms with Crippen LogP contribution in [0.5, 0.6) is 0 Å². The summed E-state index contributed by atoms with van der Waals surface area (Å²) in [4.78, 5) is 0. The average Bonchev–Trinajstić information content (AvgIpc) is 2.94. The second-order valence-electron chi connectivity index (χ2n) is 5.54. The van der Waals surface area contributed by atoms with E-state index in [0.29, 0.717) is 0 Å². The molecular weight excluding hydrogens is 308 g/mol. The Morgan fingerprint density at radius 1 is 0.636 bits per heavy atom. The minimum atomic E-state index is 0.836. The van der Waals surface area contributed by atoms with Gasteiger partial charge in [0.2, 0.25) is 0 Å². The van der Waals surface area contributed by atoms with Gasteiger partial charge in [-0.2, -0.15) is 0 Å². The number of halogens is 1. The lowest BCUT2D eigenvalue weighted by Gasteiger charge is -2.05. The fraction of sp³-hybridized carbons (Fsp3) is 0. The Labute approximate surface area is 136 Å². The van der Waals surface area contributed by atoms with Crippen molar-refractivity contribution in [3.63, 3.8) is 0 Å². The second kappa shape index (κ2) is 4.45. The van der Waals surface area contributed by atoms with Crippen molar-refractivity contribution in [2.24, 2.45) is 0 Å². The van der Waals surface area contributed by atoms with Crippen LogP contribution in [0.25, 0.3) is 41.7 Å². The van der Waals surface area contributed by atoms with E-state index in [4.69, 9.17) is 11.6 Å². The number of benzene rings is 4. The first-order chi connectivity index (χ1) is 10.8. The lowest BCUT2D eigenvalue weighted by molar-refractivity contribution is 1.80. The van der Waals surface area contributed by atoms with Crippen LogP contribution in [-0.4, -0.2) is 0 Å². The first-order valence-electron chi connectivity index (χ1n) is 7.24. The second-order valence-corrected chi connectivity index (χ2v) is 7.00. The van der Waals surface area contributed by atoms with Gasteiger partial charge in [0.15, 0.2) is 0 Å². The zero-order valence-corrected chi connectivity index (χ0v) is 13.2. The van der Waals surface area contributed by atoms with E-state index in [9.17, 15) is 0 Å². The molecular formula is C20H11ClS. The minimum Gasteiger partial charge on any atom is -0.134 e. The van der Waals surface area contributed by atoms with E-state index < -0.39 is 0 Å². The lowest BCUT2D eigenvalue weighted by Crippen LogP contribution is -1.78. The molecule has 0 N–H and O–H groups in total. The molecule has 0 aliphatic rings. The molecule has 0 aliphatic heterocycles. The zero-order valence-electron chi connectivity index (χ0n) is 11.6. The van der Waals surface area contributed by atoms with Gasteiger partial charge in [-0.3, -0.25) is 0 Å². The molecule has 0 bridgehead atoms. The van der Waals surface area contributed by atoms with Crippen LogP contribution in [0.1, 0.15) is 0 Å². The molecule has 0 fully saturated rings. The van der Waals surface area contributed by atoms with Gasteiger partial charge in [-0.25, -0.2) is 0 Å². The van der Waals surface area contributed by atoms with Gasteiger partial charge in [-0.1, -0.05) is 66.2 Å². The van der Waals surface area contributed by atoms with Gasteiger partial charge in [0.05, 0.1) is 0 Å². The molecule has 2 heteroatoms. The Kier molecular flexibility index (Phi) is 2.52. The van der Waals surface area contributed by atoms with Crippen LogP contribution in [0.15, 0.2) is 66.7 Å². The summed E-state index contributed by atoms with van der Waals surface area (Å²) in [5.41, 5.74) is 0. The third-order valence-electron chi connectivity index (χ3n) is 4.32. The summed E-state index contributed by atoms with van der Waals surface area (Å²) in [5, 5.41) is 8.50. The van der Waals surface area contributed by atoms with Crippen molar-refractivity contribution in [2.45, 2.75) is 0 Å². The first kappa shape index (κ1) is 12.5. The number of rotatable bonds is 0. The predicted octanol–water partition coefficient (Wildman–Crippen LogP) is 7.01. The van der Waals surface area contributed by atoms with Gasteiger partial charge < -0.3 is 0 Å². The molecule has 0 unspecified atom stereocenters. The SMILES string of the molecule is Clc1cccc2sc3c(ccc4ccc5ccccc5c43)c12. The molecule has 0 saturated heterocycles. The molecule has 0 radical (unpaired) electrons. The fourth-order valence-electron chi connectivity index (χ4n) is 3.33. The summed E-state index contributed by atoms with van der Waals surface area (Å²) in [7, 11) is 0. The number of fused-ring (bicyclic) bond motifs is 7. The summed E-state index contributed by atoms with van der Waals surface area (Å²) < 4.78 is 2.58. The molecule has 0 saturated carbocycles. The zero-order chi connectivity index (χ0) is 14.7. The highest BCUT2D eigenvalue weighted by molar-refractivity contribution is 7.27. The first-order valence-corrected chi connectivity index (χ1v) is 8.43. The van der Waals surface area contributed by atoms with Crippen LogP contribution in [0, 0.1) is 0 Å². The molecule has 22 heavy (non-hydrogen) atoms. The van der Waals surface area contributed by atoms with Gasteiger partial charge in [-0.05, 0) is 28.3 Å². The van der Waals surface area contributed by atoms with Crippen LogP contribution in [0.3, 0.4) is 0 Å². The van der Waals surface area contributed by atoms with E-state index in [-0.39, 0.29) is 0 Å². The smallest absolute Gasteiger partial charge is 0.0499 e. The summed E-state index contributed by atoms with van der Waals surface area (Å²) in [6.45, 7) is 0. The maximum absolute atomic E-state index is 6.45. The van der Waals surface area contributed by atoms with Gasteiger partial charge >= 0.3 is 0 Å². The van der Waals surface area contributed by atoms with E-state index in [0.717, 1.165) is 5.02 Å². The Morgan fingerprint density at radius 2 is 1.45 bits per heavy atom. The molecule has 0 aliphatic carbocycles. The largest absolute Gasteiger partial charge is 0.134 e. The predicted molar refractivity (Wildman–Crippen MR) is 99.4 cm³/mol. The van der Waals surface area contributed by atoms with Crippen LogP contribution in [0.4, 0.5) is 0 Å². The molecule has 5 aromatic rings. The normalized spacial score (nSPS) is 11.9. The highest BCUT2D eigenvalue weighted by Gasteiger charge is 2.12. The van der Waals surface area contributed by atoms with Crippen LogP contribution in [0.2, 0.25) is 5.02 Å². The van der Waals surface area contributed by atoms with Crippen LogP contribution < -0.4 is 0 Å². The highest BCUT2D eigenvalue weighted by atomic mass is 35.5. The van der Waals surface area contributed by atoms with E-state index in [1.165, 1.54) is 41.7 Å². The van der Waals surface area contributed by atoms with E-state index in [2.05, 4.69) is 54.6 Å². The van der Waals surface area contributed by atoms with Crippen molar-refractivity contribution in [3.05, 3.63) is 71.8 Å². The molecule has 5 rings (SSSR count). The maximum atomic E-state index is 6.45. The lowest BCUT2D eigenvalue weighted by atomic mass is 10.00. The summed E-state index contributed by atoms with van der Waals surface area (Å²) in [5.74, 6) is 0. The molecule has 104 valence electrons.